The summed E-state index contributed by atoms with van der Waals surface area (Å²) in [6.45, 7) is 0. The van der Waals surface area contributed by atoms with E-state index in [-0.39, 0.29) is 5.84 Å². The summed E-state index contributed by atoms with van der Waals surface area (Å²) in [6, 6.07) is 0.523. The van der Waals surface area contributed by atoms with E-state index >= 15 is 0 Å². The molecule has 15 heavy (non-hydrogen) atoms. The standard InChI is InChI=1S/C8H14N6S/c9-7(10)2-1-5-15-8-11-12-13-14(8)6-3-4-6/h6H,1-5H2,(H3,9,10). The Hall–Kier alpha value is -1.11. The van der Waals surface area contributed by atoms with Crippen LogP contribution in [0.5, 0.6) is 0 Å². The summed E-state index contributed by atoms with van der Waals surface area (Å²) in [7, 11) is 0. The predicted octanol–water partition coefficient (Wildman–Crippen LogP) is 0.816. The molecule has 1 fully saturated rings. The molecule has 0 amide bonds. The number of amidine groups is 1. The van der Waals surface area contributed by atoms with Crippen LogP contribution >= 0.6 is 11.8 Å². The molecule has 0 atom stereocenters. The highest BCUT2D eigenvalue weighted by molar-refractivity contribution is 7.99. The minimum Gasteiger partial charge on any atom is -0.388 e. The molecule has 0 radical (unpaired) electrons. The van der Waals surface area contributed by atoms with Crippen molar-refractivity contribution < 1.29 is 0 Å². The highest BCUT2D eigenvalue weighted by Gasteiger charge is 2.27. The van der Waals surface area contributed by atoms with Crippen LogP contribution in [0.3, 0.4) is 0 Å². The molecule has 0 saturated heterocycles. The van der Waals surface area contributed by atoms with Gasteiger partial charge in [-0.3, -0.25) is 5.41 Å². The fourth-order valence-corrected chi connectivity index (χ4v) is 2.14. The second kappa shape index (κ2) is 4.61. The molecule has 0 aliphatic heterocycles. The largest absolute Gasteiger partial charge is 0.388 e. The minimum absolute atomic E-state index is 0.248. The summed E-state index contributed by atoms with van der Waals surface area (Å²) in [5.41, 5.74) is 5.27. The van der Waals surface area contributed by atoms with Crippen LogP contribution in [0.25, 0.3) is 0 Å². The average molecular weight is 226 g/mol. The molecule has 0 aromatic carbocycles. The van der Waals surface area contributed by atoms with Crippen molar-refractivity contribution in [2.24, 2.45) is 5.73 Å². The lowest BCUT2D eigenvalue weighted by molar-refractivity contribution is 0.565. The van der Waals surface area contributed by atoms with E-state index in [1.165, 1.54) is 12.8 Å². The molecule has 6 nitrogen and oxygen atoms in total. The molecule has 82 valence electrons. The van der Waals surface area contributed by atoms with Crippen molar-refractivity contribution in [3.63, 3.8) is 0 Å². The number of nitrogens with two attached hydrogens (primary N) is 1. The third-order valence-corrected chi connectivity index (χ3v) is 3.20. The molecule has 1 heterocycles. The summed E-state index contributed by atoms with van der Waals surface area (Å²) >= 11 is 1.64. The van der Waals surface area contributed by atoms with Gasteiger partial charge in [0, 0.05) is 12.2 Å². The van der Waals surface area contributed by atoms with Crippen LogP contribution in [0.1, 0.15) is 31.7 Å². The van der Waals surface area contributed by atoms with E-state index in [4.69, 9.17) is 11.1 Å². The Morgan fingerprint density at radius 2 is 2.40 bits per heavy atom. The predicted molar refractivity (Wildman–Crippen MR) is 58.0 cm³/mol. The van der Waals surface area contributed by atoms with Crippen LogP contribution < -0.4 is 5.73 Å². The Morgan fingerprint density at radius 1 is 1.60 bits per heavy atom. The zero-order valence-electron chi connectivity index (χ0n) is 8.39. The fraction of sp³-hybridized carbons (Fsp3) is 0.750. The van der Waals surface area contributed by atoms with Crippen molar-refractivity contribution >= 4 is 17.6 Å². The van der Waals surface area contributed by atoms with E-state index in [1.54, 1.807) is 11.8 Å². The Labute approximate surface area is 92.1 Å². The van der Waals surface area contributed by atoms with E-state index in [1.807, 2.05) is 4.68 Å². The van der Waals surface area contributed by atoms with Crippen molar-refractivity contribution in [2.45, 2.75) is 36.9 Å². The van der Waals surface area contributed by atoms with E-state index in [0.717, 1.165) is 17.3 Å². The molecule has 3 N–H and O–H groups in total. The third-order valence-electron chi connectivity index (χ3n) is 2.18. The van der Waals surface area contributed by atoms with Crippen molar-refractivity contribution in [2.75, 3.05) is 5.75 Å². The van der Waals surface area contributed by atoms with Gasteiger partial charge in [-0.15, -0.1) is 5.10 Å². The van der Waals surface area contributed by atoms with E-state index in [2.05, 4.69) is 15.5 Å². The molecule has 0 unspecified atom stereocenters. The Balaban J connectivity index is 1.77. The van der Waals surface area contributed by atoms with Gasteiger partial charge < -0.3 is 5.73 Å². The zero-order chi connectivity index (χ0) is 10.7. The lowest BCUT2D eigenvalue weighted by Gasteiger charge is -2.01. The molecule has 0 spiro atoms. The van der Waals surface area contributed by atoms with Crippen LogP contribution in [0.2, 0.25) is 0 Å². The van der Waals surface area contributed by atoms with Gasteiger partial charge in [-0.2, -0.15) is 0 Å². The van der Waals surface area contributed by atoms with Gasteiger partial charge in [0.2, 0.25) is 5.16 Å². The van der Waals surface area contributed by atoms with Crippen molar-refractivity contribution in [1.29, 1.82) is 5.41 Å². The number of hydrogen-bond donors (Lipinski definition) is 2. The number of hydrogen-bond acceptors (Lipinski definition) is 5. The first kappa shape index (κ1) is 10.4. The van der Waals surface area contributed by atoms with Gasteiger partial charge in [0.15, 0.2) is 0 Å². The molecule has 1 aliphatic carbocycles. The van der Waals surface area contributed by atoms with Gasteiger partial charge in [-0.1, -0.05) is 11.8 Å². The summed E-state index contributed by atoms with van der Waals surface area (Å²) in [4.78, 5) is 0. The monoisotopic (exact) mass is 226 g/mol. The first-order valence-corrected chi connectivity index (χ1v) is 5.99. The Kier molecular flexibility index (Phi) is 3.20. The molecule has 0 bridgehead atoms. The van der Waals surface area contributed by atoms with Crippen molar-refractivity contribution in [1.82, 2.24) is 20.2 Å². The Bertz CT molecular complexity index is 345. The second-order valence-corrected chi connectivity index (χ2v) is 4.68. The van der Waals surface area contributed by atoms with Gasteiger partial charge in [0.25, 0.3) is 0 Å². The number of aromatic nitrogens is 4. The van der Waals surface area contributed by atoms with E-state index < -0.39 is 0 Å². The second-order valence-electron chi connectivity index (χ2n) is 3.61. The third kappa shape index (κ3) is 2.92. The molecule has 1 saturated carbocycles. The normalized spacial score (nSPS) is 15.5. The lowest BCUT2D eigenvalue weighted by Crippen LogP contribution is -2.09. The van der Waals surface area contributed by atoms with Crippen LogP contribution in [-0.4, -0.2) is 31.8 Å². The number of thioether (sulfide) groups is 1. The topological polar surface area (TPSA) is 93.5 Å². The maximum atomic E-state index is 7.09. The molecule has 1 aliphatic rings. The van der Waals surface area contributed by atoms with Crippen LogP contribution in [-0.2, 0) is 0 Å². The first-order chi connectivity index (χ1) is 7.27. The van der Waals surface area contributed by atoms with Crippen LogP contribution in [0.4, 0.5) is 0 Å². The molecule has 2 rings (SSSR count). The van der Waals surface area contributed by atoms with Gasteiger partial charge in [-0.25, -0.2) is 4.68 Å². The summed E-state index contributed by atoms with van der Waals surface area (Å²) in [5.74, 6) is 1.16. The highest BCUT2D eigenvalue weighted by Crippen LogP contribution is 2.36. The lowest BCUT2D eigenvalue weighted by atomic mass is 10.3. The molecule has 1 aromatic rings. The molecule has 1 aromatic heterocycles. The summed E-state index contributed by atoms with van der Waals surface area (Å²) in [5, 5.41) is 19.6. The number of rotatable bonds is 6. The van der Waals surface area contributed by atoms with Gasteiger partial charge in [0.05, 0.1) is 11.9 Å². The first-order valence-electron chi connectivity index (χ1n) is 5.01. The molecular formula is C8H14N6S. The average Bonchev–Trinajstić information content (AvgIpc) is 2.93. The summed E-state index contributed by atoms with van der Waals surface area (Å²) in [6.07, 6.45) is 3.92. The highest BCUT2D eigenvalue weighted by atomic mass is 32.2. The maximum absolute atomic E-state index is 7.09. The fourth-order valence-electron chi connectivity index (χ4n) is 1.25. The zero-order valence-corrected chi connectivity index (χ0v) is 9.20. The molecular weight excluding hydrogens is 212 g/mol. The smallest absolute Gasteiger partial charge is 0.209 e. The van der Waals surface area contributed by atoms with E-state index in [9.17, 15) is 0 Å². The van der Waals surface area contributed by atoms with Gasteiger partial charge in [0.1, 0.15) is 0 Å². The van der Waals surface area contributed by atoms with Gasteiger partial charge in [-0.05, 0) is 29.7 Å². The van der Waals surface area contributed by atoms with E-state index in [0.29, 0.717) is 12.5 Å². The van der Waals surface area contributed by atoms with Crippen molar-refractivity contribution in [3.8, 4) is 0 Å². The maximum Gasteiger partial charge on any atom is 0.209 e. The minimum atomic E-state index is 0.248. The summed E-state index contributed by atoms with van der Waals surface area (Å²) < 4.78 is 1.90. The van der Waals surface area contributed by atoms with Crippen molar-refractivity contribution in [3.05, 3.63) is 0 Å². The quantitative estimate of drug-likeness (QED) is 0.324. The number of nitrogens with zero attached hydrogens (tertiary/aromatic N) is 4. The number of tetrazole rings is 1. The van der Waals surface area contributed by atoms with Crippen LogP contribution in [0, 0.1) is 5.41 Å². The Morgan fingerprint density at radius 3 is 3.07 bits per heavy atom. The SMILES string of the molecule is N=C(N)CCCSc1nnnn1C1CC1. The van der Waals surface area contributed by atoms with Gasteiger partial charge >= 0.3 is 0 Å². The molecule has 7 heteroatoms. The number of nitrogens with one attached hydrogen (secondary N) is 1. The van der Waals surface area contributed by atoms with Crippen LogP contribution in [0.15, 0.2) is 5.16 Å².